The Morgan fingerprint density at radius 1 is 1.19 bits per heavy atom. The summed E-state index contributed by atoms with van der Waals surface area (Å²) in [5.74, 6) is 0.901. The maximum absolute atomic E-state index is 12.6. The fourth-order valence-electron chi connectivity index (χ4n) is 3.97. The van der Waals surface area contributed by atoms with Gasteiger partial charge in [-0.15, -0.1) is 5.10 Å². The van der Waals surface area contributed by atoms with Crippen LogP contribution in [0.3, 0.4) is 0 Å². The molecule has 1 atom stereocenters. The number of furan rings is 1. The van der Waals surface area contributed by atoms with E-state index in [0.29, 0.717) is 47.7 Å². The molecule has 1 fully saturated rings. The van der Waals surface area contributed by atoms with Crippen molar-refractivity contribution in [1.82, 2.24) is 24.4 Å². The highest BCUT2D eigenvalue weighted by atomic mass is 35.5. The van der Waals surface area contributed by atoms with Gasteiger partial charge in [-0.05, 0) is 30.7 Å². The number of hydrogen-bond acceptors (Lipinski definition) is 7. The average Bonchev–Trinajstić information content (AvgIpc) is 3.49. The summed E-state index contributed by atoms with van der Waals surface area (Å²) in [4.78, 5) is 22.4. The van der Waals surface area contributed by atoms with Crippen molar-refractivity contribution in [3.8, 4) is 5.88 Å². The van der Waals surface area contributed by atoms with Crippen LogP contribution >= 0.6 is 22.9 Å². The van der Waals surface area contributed by atoms with Crippen molar-refractivity contribution < 1.29 is 14.3 Å². The number of fused-ring (bicyclic) bond motifs is 1. The van der Waals surface area contributed by atoms with E-state index in [-0.39, 0.29) is 17.8 Å². The fourth-order valence-corrected chi connectivity index (χ4v) is 5.36. The Kier molecular flexibility index (Phi) is 5.17. The molecule has 8 nitrogen and oxygen atoms in total. The van der Waals surface area contributed by atoms with Crippen molar-refractivity contribution in [1.29, 1.82) is 0 Å². The monoisotopic (exact) mass is 457 g/mol. The van der Waals surface area contributed by atoms with E-state index in [1.54, 1.807) is 24.0 Å². The van der Waals surface area contributed by atoms with Gasteiger partial charge in [0.2, 0.25) is 10.8 Å². The predicted molar refractivity (Wildman–Crippen MR) is 117 cm³/mol. The molecule has 0 saturated carbocycles. The largest absolute Gasteiger partial charge is 0.492 e. The Hall–Kier alpha value is -2.88. The van der Waals surface area contributed by atoms with Crippen LogP contribution in [0.5, 0.6) is 5.88 Å². The molecule has 1 aliphatic rings. The van der Waals surface area contributed by atoms with Crippen molar-refractivity contribution in [2.75, 3.05) is 26.2 Å². The zero-order valence-corrected chi connectivity index (χ0v) is 18.3. The van der Waals surface area contributed by atoms with E-state index < -0.39 is 0 Å². The van der Waals surface area contributed by atoms with Crippen LogP contribution in [0.25, 0.3) is 4.96 Å². The van der Waals surface area contributed by atoms with Crippen molar-refractivity contribution in [3.63, 3.8) is 0 Å². The molecule has 31 heavy (non-hydrogen) atoms. The highest BCUT2D eigenvalue weighted by Gasteiger charge is 2.34. The first-order chi connectivity index (χ1) is 15.0. The van der Waals surface area contributed by atoms with Gasteiger partial charge < -0.3 is 14.4 Å². The van der Waals surface area contributed by atoms with E-state index in [4.69, 9.17) is 16.0 Å². The molecule has 1 N–H and O–H groups in total. The molecule has 1 amide bonds. The lowest BCUT2D eigenvalue weighted by molar-refractivity contribution is 0.0568. The van der Waals surface area contributed by atoms with Gasteiger partial charge in [0.15, 0.2) is 5.76 Å². The van der Waals surface area contributed by atoms with E-state index in [1.807, 2.05) is 24.3 Å². The zero-order valence-electron chi connectivity index (χ0n) is 16.7. The van der Waals surface area contributed by atoms with Crippen molar-refractivity contribution in [2.24, 2.45) is 0 Å². The maximum atomic E-state index is 12.6. The number of amides is 1. The minimum absolute atomic E-state index is 0.0691. The van der Waals surface area contributed by atoms with Crippen LogP contribution in [0.4, 0.5) is 0 Å². The summed E-state index contributed by atoms with van der Waals surface area (Å²) < 4.78 is 6.73. The van der Waals surface area contributed by atoms with Crippen LogP contribution in [-0.2, 0) is 0 Å². The van der Waals surface area contributed by atoms with Gasteiger partial charge in [0.05, 0.1) is 17.2 Å². The van der Waals surface area contributed by atoms with Crippen LogP contribution in [0.15, 0.2) is 47.1 Å². The quantitative estimate of drug-likeness (QED) is 0.504. The Morgan fingerprint density at radius 2 is 1.97 bits per heavy atom. The van der Waals surface area contributed by atoms with E-state index in [9.17, 15) is 9.90 Å². The Balaban J connectivity index is 1.47. The first-order valence-electron chi connectivity index (χ1n) is 9.89. The standard InChI is InChI=1S/C21H20ClN5O3S/c1-13-23-21-27(24-13)20(29)18(31-21)17(14-5-2-3-6-15(14)22)25-8-10-26(11-9-25)19(28)16-7-4-12-30-16/h2-7,12,17,29H,8-11H2,1H3. The van der Waals surface area contributed by atoms with E-state index in [0.717, 1.165) is 10.4 Å². The van der Waals surface area contributed by atoms with Gasteiger partial charge in [0.25, 0.3) is 5.91 Å². The van der Waals surface area contributed by atoms with Crippen LogP contribution in [0, 0.1) is 6.92 Å². The predicted octanol–water partition coefficient (Wildman–Crippen LogP) is 3.60. The normalized spacial score (nSPS) is 16.1. The second-order valence-corrected chi connectivity index (χ2v) is 8.79. The number of piperazine rings is 1. The van der Waals surface area contributed by atoms with Gasteiger partial charge in [0.1, 0.15) is 5.82 Å². The van der Waals surface area contributed by atoms with Crippen molar-refractivity contribution in [2.45, 2.75) is 13.0 Å². The first-order valence-corrected chi connectivity index (χ1v) is 11.1. The lowest BCUT2D eigenvalue weighted by Crippen LogP contribution is -2.49. The molecule has 1 saturated heterocycles. The number of nitrogens with zero attached hydrogens (tertiary/aromatic N) is 5. The molecule has 3 aromatic heterocycles. The summed E-state index contributed by atoms with van der Waals surface area (Å²) in [6, 6.07) is 10.7. The lowest BCUT2D eigenvalue weighted by atomic mass is 10.0. The molecule has 0 spiro atoms. The number of carbonyl (C=O) groups is 1. The third-order valence-electron chi connectivity index (χ3n) is 5.45. The molecule has 1 aromatic carbocycles. The lowest BCUT2D eigenvalue weighted by Gasteiger charge is -2.39. The molecule has 0 bridgehead atoms. The molecule has 0 aliphatic carbocycles. The fraction of sp³-hybridized carbons (Fsp3) is 0.286. The van der Waals surface area contributed by atoms with Gasteiger partial charge in [-0.1, -0.05) is 41.1 Å². The highest BCUT2D eigenvalue weighted by Crippen LogP contribution is 2.42. The zero-order chi connectivity index (χ0) is 21.5. The summed E-state index contributed by atoms with van der Waals surface area (Å²) in [6.45, 7) is 4.12. The number of thiazole rings is 1. The highest BCUT2D eigenvalue weighted by molar-refractivity contribution is 7.17. The van der Waals surface area contributed by atoms with Gasteiger partial charge in [-0.3, -0.25) is 9.69 Å². The second-order valence-electron chi connectivity index (χ2n) is 7.37. The molecule has 1 unspecified atom stereocenters. The third kappa shape index (κ3) is 3.58. The smallest absolute Gasteiger partial charge is 0.289 e. The number of hydrogen-bond donors (Lipinski definition) is 1. The van der Waals surface area contributed by atoms with Crippen LogP contribution in [0.1, 0.15) is 32.9 Å². The number of aryl methyl sites for hydroxylation is 1. The second kappa shape index (κ2) is 7.99. The molecule has 0 radical (unpaired) electrons. The summed E-state index contributed by atoms with van der Waals surface area (Å²) in [7, 11) is 0. The summed E-state index contributed by atoms with van der Waals surface area (Å²) >= 11 is 7.96. The van der Waals surface area contributed by atoms with E-state index >= 15 is 0 Å². The summed E-state index contributed by atoms with van der Waals surface area (Å²) in [5.41, 5.74) is 0.895. The Labute approximate surface area is 187 Å². The number of rotatable bonds is 4. The van der Waals surface area contributed by atoms with E-state index in [1.165, 1.54) is 22.1 Å². The number of aromatic nitrogens is 3. The molecular formula is C21H20ClN5O3S. The summed E-state index contributed by atoms with van der Waals surface area (Å²) in [6.07, 6.45) is 1.50. The number of aromatic hydroxyl groups is 1. The third-order valence-corrected chi connectivity index (χ3v) is 6.87. The maximum Gasteiger partial charge on any atom is 0.289 e. The topological polar surface area (TPSA) is 87.1 Å². The van der Waals surface area contributed by atoms with Crippen LogP contribution < -0.4 is 0 Å². The van der Waals surface area contributed by atoms with Crippen molar-refractivity contribution in [3.05, 3.63) is 69.7 Å². The Bertz CT molecular complexity index is 1230. The van der Waals surface area contributed by atoms with Gasteiger partial charge in [-0.2, -0.15) is 4.52 Å². The molecule has 160 valence electrons. The van der Waals surface area contributed by atoms with Crippen molar-refractivity contribution >= 4 is 33.8 Å². The number of benzene rings is 1. The van der Waals surface area contributed by atoms with Gasteiger partial charge >= 0.3 is 0 Å². The average molecular weight is 458 g/mol. The molecule has 1 aliphatic heterocycles. The summed E-state index contributed by atoms with van der Waals surface area (Å²) in [5, 5.41) is 15.9. The molecule has 10 heteroatoms. The van der Waals surface area contributed by atoms with Crippen LogP contribution in [0.2, 0.25) is 5.02 Å². The van der Waals surface area contributed by atoms with Gasteiger partial charge in [-0.25, -0.2) is 4.98 Å². The number of halogens is 1. The molecule has 4 heterocycles. The van der Waals surface area contributed by atoms with Gasteiger partial charge in [0, 0.05) is 31.2 Å². The molecule has 4 aromatic rings. The molecular weight excluding hydrogens is 438 g/mol. The van der Waals surface area contributed by atoms with E-state index in [2.05, 4.69) is 15.0 Å². The minimum Gasteiger partial charge on any atom is -0.492 e. The Morgan fingerprint density at radius 3 is 2.65 bits per heavy atom. The van der Waals surface area contributed by atoms with Crippen LogP contribution in [-0.4, -0.2) is 61.6 Å². The number of carbonyl (C=O) groups excluding carboxylic acids is 1. The minimum atomic E-state index is -0.275. The molecule has 5 rings (SSSR count). The SMILES string of the molecule is Cc1nc2sc(C(c3ccccc3Cl)N3CCN(C(=O)c4ccco4)CC3)c(O)n2n1. The first kappa shape index (κ1) is 20.0.